The number of nitrogens with two attached hydrogens (primary N) is 1. The first kappa shape index (κ1) is 19.2. The van der Waals surface area contributed by atoms with E-state index < -0.39 is 17.8 Å². The van der Waals surface area contributed by atoms with E-state index in [4.69, 9.17) is 24.7 Å². The summed E-state index contributed by atoms with van der Waals surface area (Å²) in [4.78, 5) is 0. The highest BCUT2D eigenvalue weighted by atomic mass is 19.4. The summed E-state index contributed by atoms with van der Waals surface area (Å²) < 4.78 is 61.6. The van der Waals surface area contributed by atoms with Crippen LogP contribution >= 0.6 is 0 Å². The largest absolute Gasteiger partial charge is 0.493 e. The Morgan fingerprint density at radius 1 is 1.18 bits per heavy atom. The normalized spacial score (nSPS) is 16.1. The van der Waals surface area contributed by atoms with Gasteiger partial charge >= 0.3 is 6.18 Å². The molecule has 0 radical (unpaired) electrons. The Bertz CT molecular complexity index is 992. The molecule has 2 heterocycles. The van der Waals surface area contributed by atoms with Gasteiger partial charge in [0.1, 0.15) is 17.3 Å². The summed E-state index contributed by atoms with van der Waals surface area (Å²) in [5.74, 6) is -1.42. The average molecular weight is 396 g/mol. The smallest absolute Gasteiger partial charge is 0.433 e. The number of aromatic nitrogens is 2. The zero-order valence-electron chi connectivity index (χ0n) is 15.0. The van der Waals surface area contributed by atoms with Gasteiger partial charge in [-0.3, -0.25) is 5.10 Å². The van der Waals surface area contributed by atoms with Crippen LogP contribution in [0.4, 0.5) is 13.2 Å². The molecule has 0 unspecified atom stereocenters. The van der Waals surface area contributed by atoms with E-state index in [0.717, 1.165) is 0 Å². The van der Waals surface area contributed by atoms with Gasteiger partial charge in [-0.25, -0.2) is 0 Å². The lowest BCUT2D eigenvalue weighted by molar-refractivity contribution is -0.141. The van der Waals surface area contributed by atoms with Crippen molar-refractivity contribution in [3.8, 4) is 29.2 Å². The number of aromatic amines is 1. The fraction of sp³-hybridized carbons (Fsp3) is 0.294. The molecule has 148 valence electrons. The lowest BCUT2D eigenvalue weighted by atomic mass is 9.83. The molecule has 0 spiro atoms. The lowest BCUT2D eigenvalue weighted by Crippen LogP contribution is -2.23. The van der Waals surface area contributed by atoms with Gasteiger partial charge in [0.25, 0.3) is 0 Å². The summed E-state index contributed by atoms with van der Waals surface area (Å²) in [7, 11) is 4.08. The Kier molecular flexibility index (Phi) is 4.72. The molecule has 3 rings (SSSR count). The van der Waals surface area contributed by atoms with Crippen molar-refractivity contribution >= 4 is 0 Å². The number of nitriles is 1. The quantitative estimate of drug-likeness (QED) is 0.816. The molecule has 0 saturated carbocycles. The summed E-state index contributed by atoms with van der Waals surface area (Å²) >= 11 is 0. The predicted molar refractivity (Wildman–Crippen MR) is 89.0 cm³/mol. The lowest BCUT2D eigenvalue weighted by Gasteiger charge is -2.26. The zero-order valence-corrected chi connectivity index (χ0v) is 15.0. The summed E-state index contributed by atoms with van der Waals surface area (Å²) in [5.41, 5.74) is 4.24. The van der Waals surface area contributed by atoms with Crippen molar-refractivity contribution in [2.75, 3.05) is 21.3 Å². The van der Waals surface area contributed by atoms with Crippen LogP contribution < -0.4 is 24.7 Å². The molecule has 0 saturated heterocycles. The molecule has 2 aromatic rings. The first-order valence-corrected chi connectivity index (χ1v) is 7.80. The van der Waals surface area contributed by atoms with E-state index in [1.165, 1.54) is 33.5 Å². The number of H-pyrrole nitrogens is 1. The first-order valence-electron chi connectivity index (χ1n) is 7.80. The SMILES string of the molecule is COc1ccc([C@H]2C(C#N)=C(N)Oc3n[nH]c(C(F)(F)F)c32)c(OC)c1OC. The topological polar surface area (TPSA) is 115 Å². The number of fused-ring (bicyclic) bond motifs is 1. The van der Waals surface area contributed by atoms with Crippen LogP contribution in [-0.2, 0) is 6.18 Å². The predicted octanol–water partition coefficient (Wildman–Crippen LogP) is 2.67. The highest BCUT2D eigenvalue weighted by Gasteiger charge is 2.45. The second kappa shape index (κ2) is 6.88. The fourth-order valence-electron chi connectivity index (χ4n) is 3.12. The minimum absolute atomic E-state index is 0.0922. The monoisotopic (exact) mass is 396 g/mol. The standard InChI is InChI=1S/C17H15F3N4O4/c1-25-9-5-4-7(12(26-2)13(9)27-3)10-8(6-21)15(22)28-16-11(10)14(23-24-16)17(18,19)20/h4-5,10H,22H2,1-3H3,(H,23,24)/t10-/m0/s1. The van der Waals surface area contributed by atoms with Gasteiger partial charge in [0.2, 0.25) is 17.5 Å². The van der Waals surface area contributed by atoms with Gasteiger partial charge in [0.05, 0.1) is 32.8 Å². The maximum atomic E-state index is 13.5. The highest BCUT2D eigenvalue weighted by molar-refractivity contribution is 5.64. The van der Waals surface area contributed by atoms with Crippen LogP contribution in [0.25, 0.3) is 0 Å². The van der Waals surface area contributed by atoms with Gasteiger partial charge in [0, 0.05) is 5.56 Å². The van der Waals surface area contributed by atoms with Crippen molar-refractivity contribution < 1.29 is 32.1 Å². The minimum Gasteiger partial charge on any atom is -0.493 e. The Balaban J connectivity index is 2.36. The molecule has 8 nitrogen and oxygen atoms in total. The van der Waals surface area contributed by atoms with Gasteiger partial charge < -0.3 is 24.7 Å². The Hall–Kier alpha value is -3.55. The van der Waals surface area contributed by atoms with Crippen LogP contribution in [0.3, 0.4) is 0 Å². The number of nitrogens with zero attached hydrogens (tertiary/aromatic N) is 2. The van der Waals surface area contributed by atoms with Crippen LogP contribution in [-0.4, -0.2) is 31.5 Å². The van der Waals surface area contributed by atoms with Crippen molar-refractivity contribution in [1.29, 1.82) is 5.26 Å². The molecule has 1 aliphatic rings. The number of rotatable bonds is 4. The van der Waals surface area contributed by atoms with Crippen molar-refractivity contribution in [2.24, 2.45) is 5.73 Å². The van der Waals surface area contributed by atoms with Crippen molar-refractivity contribution in [1.82, 2.24) is 10.2 Å². The first-order chi connectivity index (χ1) is 13.3. The van der Waals surface area contributed by atoms with E-state index in [-0.39, 0.29) is 40.0 Å². The van der Waals surface area contributed by atoms with Crippen molar-refractivity contribution in [3.05, 3.63) is 40.4 Å². The molecule has 1 aromatic heterocycles. The molecule has 28 heavy (non-hydrogen) atoms. The number of alkyl halides is 3. The molecule has 1 atom stereocenters. The van der Waals surface area contributed by atoms with Gasteiger partial charge in [-0.1, -0.05) is 6.07 Å². The van der Waals surface area contributed by atoms with Crippen LogP contribution in [0.15, 0.2) is 23.6 Å². The molecule has 1 aliphatic heterocycles. The minimum atomic E-state index is -4.77. The van der Waals surface area contributed by atoms with Gasteiger partial charge in [-0.15, -0.1) is 5.10 Å². The number of methoxy groups -OCH3 is 3. The van der Waals surface area contributed by atoms with E-state index in [0.29, 0.717) is 5.75 Å². The average Bonchev–Trinajstić information content (AvgIpc) is 3.09. The number of hydrogen-bond donors (Lipinski definition) is 2. The van der Waals surface area contributed by atoms with Crippen LogP contribution in [0, 0.1) is 11.3 Å². The fourth-order valence-corrected chi connectivity index (χ4v) is 3.12. The van der Waals surface area contributed by atoms with E-state index in [1.807, 2.05) is 11.2 Å². The molecule has 0 fully saturated rings. The second-order valence-corrected chi connectivity index (χ2v) is 5.66. The number of nitrogens with one attached hydrogen (secondary N) is 1. The number of ether oxygens (including phenoxy) is 4. The van der Waals surface area contributed by atoms with Crippen molar-refractivity contribution in [3.63, 3.8) is 0 Å². The number of allylic oxidation sites excluding steroid dienone is 1. The molecular weight excluding hydrogens is 381 g/mol. The van der Waals surface area contributed by atoms with Crippen LogP contribution in [0.1, 0.15) is 22.7 Å². The molecule has 11 heteroatoms. The van der Waals surface area contributed by atoms with Gasteiger partial charge in [-0.2, -0.15) is 18.4 Å². The molecule has 0 amide bonds. The Labute approximate surface area is 157 Å². The zero-order chi connectivity index (χ0) is 20.6. The Morgan fingerprint density at radius 2 is 1.86 bits per heavy atom. The molecule has 0 bridgehead atoms. The highest BCUT2D eigenvalue weighted by Crippen LogP contribution is 2.51. The third-order valence-corrected chi connectivity index (χ3v) is 4.27. The molecule has 0 aliphatic carbocycles. The third-order valence-electron chi connectivity index (χ3n) is 4.27. The van der Waals surface area contributed by atoms with E-state index in [2.05, 4.69) is 5.10 Å². The second-order valence-electron chi connectivity index (χ2n) is 5.66. The van der Waals surface area contributed by atoms with Gasteiger partial charge in [-0.05, 0) is 6.07 Å². The summed E-state index contributed by atoms with van der Waals surface area (Å²) in [6.07, 6.45) is -4.77. The van der Waals surface area contributed by atoms with Crippen LogP contribution in [0.5, 0.6) is 23.1 Å². The number of halogens is 3. The maximum Gasteiger partial charge on any atom is 0.433 e. The summed E-state index contributed by atoms with van der Waals surface area (Å²) in [5, 5.41) is 15.0. The van der Waals surface area contributed by atoms with Crippen molar-refractivity contribution in [2.45, 2.75) is 12.1 Å². The number of hydrogen-bond acceptors (Lipinski definition) is 7. The number of benzene rings is 1. The maximum absolute atomic E-state index is 13.5. The molecule has 3 N–H and O–H groups in total. The summed E-state index contributed by atoms with van der Waals surface area (Å²) in [6.45, 7) is 0. The van der Waals surface area contributed by atoms with E-state index in [1.54, 1.807) is 0 Å². The van der Waals surface area contributed by atoms with Crippen LogP contribution in [0.2, 0.25) is 0 Å². The van der Waals surface area contributed by atoms with E-state index in [9.17, 15) is 18.4 Å². The Morgan fingerprint density at radius 3 is 2.39 bits per heavy atom. The molecule has 1 aromatic carbocycles. The molecular formula is C17H15F3N4O4. The summed E-state index contributed by atoms with van der Waals surface area (Å²) in [6, 6.07) is 4.78. The van der Waals surface area contributed by atoms with E-state index >= 15 is 0 Å². The third kappa shape index (κ3) is 2.83. The van der Waals surface area contributed by atoms with Gasteiger partial charge in [0.15, 0.2) is 11.5 Å².